The second-order valence-corrected chi connectivity index (χ2v) is 30.2. The zero-order valence-corrected chi connectivity index (χ0v) is 67.4. The van der Waals surface area contributed by atoms with Crippen molar-refractivity contribution < 1.29 is 42.1 Å². The monoisotopic (exact) mass is 1440 g/mol. The molecule has 0 rings (SSSR count). The summed E-state index contributed by atoms with van der Waals surface area (Å²) < 4.78 is 34.8. The molecule has 2 atom stereocenters. The third kappa shape index (κ3) is 84.3. The minimum Gasteiger partial charge on any atom is -0.462 e. The van der Waals surface area contributed by atoms with Crippen molar-refractivity contribution in [3.8, 4) is 0 Å². The molecule has 0 saturated carbocycles. The molecule has 0 aromatic rings. The number of allylic oxidation sites excluding steroid dienone is 28. The first kappa shape index (κ1) is 97.4. The Bertz CT molecular complexity index is 2340. The maximum absolute atomic E-state index is 12.9. The van der Waals surface area contributed by atoms with Gasteiger partial charge < -0.3 is 18.9 Å². The number of rotatable bonds is 76. The van der Waals surface area contributed by atoms with Gasteiger partial charge in [-0.1, -0.05) is 377 Å². The molecule has 0 aromatic carbocycles. The molecule has 0 aliphatic rings. The van der Waals surface area contributed by atoms with Crippen LogP contribution in [0, 0.1) is 0 Å². The molecule has 0 aliphatic carbocycles. The van der Waals surface area contributed by atoms with Crippen LogP contribution in [0.25, 0.3) is 0 Å². The molecule has 0 heterocycles. The van der Waals surface area contributed by atoms with Crippen LogP contribution in [0.2, 0.25) is 0 Å². The SMILES string of the molecule is CC/C=C\C/C=C\C/C=C\C/C=C\C/C=C\C/C=C\C/C=C\C/C=C\C/C=C\C/C=C\CCCCCCCCC(=O)OC(COC(=O)CCCCCCCCCCCCCCCCCCCCCCCCCCCCCC/C=C\C/C=C\C/C=C\C/C=C\CC)COP(=O)(O)OCC[N+](C)(C)C. The quantitative estimate of drug-likeness (QED) is 0.0211. The minimum atomic E-state index is -4.41. The zero-order valence-electron chi connectivity index (χ0n) is 66.5. The average molecular weight is 1440 g/mol. The highest BCUT2D eigenvalue weighted by Crippen LogP contribution is 2.43. The molecule has 0 fully saturated rings. The number of unbranched alkanes of at least 4 members (excludes halogenated alkanes) is 34. The summed E-state index contributed by atoms with van der Waals surface area (Å²) in [5.41, 5.74) is 0. The zero-order chi connectivity index (χ0) is 74.0. The minimum absolute atomic E-state index is 0.0224. The van der Waals surface area contributed by atoms with Gasteiger partial charge in [0.2, 0.25) is 0 Å². The maximum Gasteiger partial charge on any atom is 0.472 e. The summed E-state index contributed by atoms with van der Waals surface area (Å²) in [7, 11) is 1.46. The molecular weight excluding hydrogens is 1280 g/mol. The molecule has 9 nitrogen and oxygen atoms in total. The van der Waals surface area contributed by atoms with Crippen molar-refractivity contribution in [2.24, 2.45) is 0 Å². The van der Waals surface area contributed by atoms with Crippen LogP contribution >= 0.6 is 7.82 Å². The number of nitrogens with zero attached hydrogens (tertiary/aromatic N) is 1. The van der Waals surface area contributed by atoms with Crippen LogP contribution in [0.3, 0.4) is 0 Å². The lowest BCUT2D eigenvalue weighted by molar-refractivity contribution is -0.870. The van der Waals surface area contributed by atoms with E-state index in [9.17, 15) is 19.0 Å². The molecule has 102 heavy (non-hydrogen) atoms. The molecule has 10 heteroatoms. The Kier molecular flexibility index (Phi) is 76.8. The second kappa shape index (κ2) is 80.5. The summed E-state index contributed by atoms with van der Waals surface area (Å²) in [4.78, 5) is 36.0. The van der Waals surface area contributed by atoms with Gasteiger partial charge in [-0.2, -0.15) is 0 Å². The van der Waals surface area contributed by atoms with Crippen molar-refractivity contribution in [1.82, 2.24) is 0 Å². The van der Waals surface area contributed by atoms with E-state index in [1.54, 1.807) is 0 Å². The van der Waals surface area contributed by atoms with Crippen molar-refractivity contribution in [2.75, 3.05) is 47.5 Å². The van der Waals surface area contributed by atoms with E-state index in [-0.39, 0.29) is 32.0 Å². The van der Waals surface area contributed by atoms with Crippen molar-refractivity contribution in [3.63, 3.8) is 0 Å². The number of phosphoric acid groups is 1. The van der Waals surface area contributed by atoms with Crippen LogP contribution in [0.4, 0.5) is 0 Å². The lowest BCUT2D eigenvalue weighted by atomic mass is 10.0. The predicted molar refractivity (Wildman–Crippen MR) is 445 cm³/mol. The molecule has 2 unspecified atom stereocenters. The van der Waals surface area contributed by atoms with Gasteiger partial charge in [-0.15, -0.1) is 0 Å². The first-order valence-electron chi connectivity index (χ1n) is 41.9. The van der Waals surface area contributed by atoms with E-state index in [0.717, 1.165) is 148 Å². The van der Waals surface area contributed by atoms with Crippen LogP contribution in [0.5, 0.6) is 0 Å². The molecule has 0 saturated heterocycles. The molecule has 0 radical (unpaired) electrons. The molecule has 0 aromatic heterocycles. The molecule has 0 amide bonds. The Morgan fingerprint density at radius 1 is 0.304 bits per heavy atom. The number of esters is 2. The Hall–Kier alpha value is -4.63. The van der Waals surface area contributed by atoms with Crippen LogP contribution in [-0.2, 0) is 32.7 Å². The van der Waals surface area contributed by atoms with Gasteiger partial charge in [-0.25, -0.2) is 4.57 Å². The van der Waals surface area contributed by atoms with Crippen LogP contribution in [0.1, 0.15) is 348 Å². The fourth-order valence-electron chi connectivity index (χ4n) is 11.5. The Morgan fingerprint density at radius 2 is 0.529 bits per heavy atom. The number of quaternary nitrogens is 1. The van der Waals surface area contributed by atoms with E-state index in [1.807, 2.05) is 21.1 Å². The van der Waals surface area contributed by atoms with Crippen molar-refractivity contribution in [1.29, 1.82) is 0 Å². The maximum atomic E-state index is 12.9. The van der Waals surface area contributed by atoms with Crippen molar-refractivity contribution in [3.05, 3.63) is 170 Å². The second-order valence-electron chi connectivity index (χ2n) is 28.7. The number of carbonyl (C=O) groups is 2. The number of hydrogen-bond acceptors (Lipinski definition) is 7. The van der Waals surface area contributed by atoms with Gasteiger partial charge in [0.1, 0.15) is 19.8 Å². The van der Waals surface area contributed by atoms with E-state index in [4.69, 9.17) is 18.5 Å². The number of phosphoric ester groups is 1. The summed E-state index contributed by atoms with van der Waals surface area (Å²) in [6.07, 6.45) is 122. The van der Waals surface area contributed by atoms with Gasteiger partial charge in [-0.05, 0) is 128 Å². The van der Waals surface area contributed by atoms with Gasteiger partial charge in [-0.3, -0.25) is 18.6 Å². The van der Waals surface area contributed by atoms with Crippen LogP contribution < -0.4 is 0 Å². The Labute approximate surface area is 629 Å². The number of hydrogen-bond donors (Lipinski definition) is 1. The first-order valence-corrected chi connectivity index (χ1v) is 43.4. The van der Waals surface area contributed by atoms with E-state index in [2.05, 4.69) is 184 Å². The molecule has 0 spiro atoms. The van der Waals surface area contributed by atoms with E-state index in [1.165, 1.54) is 167 Å². The molecular formula is C92H157NO8P+. The normalized spacial score (nSPS) is 13.9. The third-order valence-electron chi connectivity index (χ3n) is 17.7. The van der Waals surface area contributed by atoms with Gasteiger partial charge in [0.25, 0.3) is 0 Å². The average Bonchev–Trinajstić information content (AvgIpc) is 0.913. The lowest BCUT2D eigenvalue weighted by Gasteiger charge is -2.24. The van der Waals surface area contributed by atoms with Gasteiger partial charge in [0.15, 0.2) is 6.10 Å². The number of carbonyl (C=O) groups excluding carboxylic acids is 2. The smallest absolute Gasteiger partial charge is 0.462 e. The van der Waals surface area contributed by atoms with E-state index in [0.29, 0.717) is 17.4 Å². The topological polar surface area (TPSA) is 108 Å². The summed E-state index contributed by atoms with van der Waals surface area (Å²) >= 11 is 0. The van der Waals surface area contributed by atoms with Gasteiger partial charge in [0, 0.05) is 12.8 Å². The fourth-order valence-corrected chi connectivity index (χ4v) is 12.2. The highest BCUT2D eigenvalue weighted by atomic mass is 31.2. The van der Waals surface area contributed by atoms with Crippen LogP contribution in [-0.4, -0.2) is 74.9 Å². The highest BCUT2D eigenvalue weighted by molar-refractivity contribution is 7.47. The largest absolute Gasteiger partial charge is 0.472 e. The summed E-state index contributed by atoms with van der Waals surface area (Å²) in [5.74, 6) is -0.811. The van der Waals surface area contributed by atoms with Gasteiger partial charge >= 0.3 is 19.8 Å². The summed E-state index contributed by atoms with van der Waals surface area (Å²) in [5, 5.41) is 0. The first-order chi connectivity index (χ1) is 50.0. The predicted octanol–water partition coefficient (Wildman–Crippen LogP) is 28.4. The van der Waals surface area contributed by atoms with Crippen LogP contribution in [0.15, 0.2) is 170 Å². The van der Waals surface area contributed by atoms with Crippen molar-refractivity contribution >= 4 is 19.8 Å². The molecule has 582 valence electrons. The third-order valence-corrected chi connectivity index (χ3v) is 18.7. The highest BCUT2D eigenvalue weighted by Gasteiger charge is 2.27. The number of ether oxygens (including phenoxy) is 2. The fraction of sp³-hybridized carbons (Fsp3) is 0.674. The standard InChI is InChI=1S/C92H156NO8P/c1-6-8-10-12-14-16-18-20-22-24-26-28-30-32-34-36-38-40-42-44-45-46-47-49-50-52-54-56-58-60-62-64-66-68-70-72-74-76-78-80-82-84-91(94)98-88-90(89-100-102(96,97)99-87-86-93(3,4)5)101-92(95)85-83-81-79-77-75-73-71-69-67-65-63-61-59-57-55-53-51-48-43-41-39-37-35-33-31-29-27-25-23-21-19-17-15-13-11-9-7-2/h8-11,14-17,20-23,26-29,33,35,39,41,48,51,55,57,61,63,67,69,90H,6-7,12-13,18-19,24-25,30-32,34,36-38,40,42-47,49-50,52-54,56,58-60,62,64-66,68,70-89H2,1-5H3/p+1/b10-8-,11-9-,16-14-,17-15-,22-20-,23-21-,28-26-,29-27-,35-33-,41-39-,51-48-,57-55-,63-61-,69-67-. The molecule has 0 aliphatic heterocycles. The number of likely N-dealkylation sites (N-methyl/N-ethyl adjacent to an activating group) is 1. The van der Waals surface area contributed by atoms with Crippen molar-refractivity contribution in [2.45, 2.75) is 354 Å². The Morgan fingerprint density at radius 3 is 0.784 bits per heavy atom. The molecule has 0 bridgehead atoms. The van der Waals surface area contributed by atoms with E-state index < -0.39 is 26.5 Å². The molecule has 1 N–H and O–H groups in total. The van der Waals surface area contributed by atoms with Gasteiger partial charge in [0.05, 0.1) is 27.7 Å². The summed E-state index contributed by atoms with van der Waals surface area (Å²) in [6, 6.07) is 0. The summed E-state index contributed by atoms with van der Waals surface area (Å²) in [6.45, 7) is 4.21. The van der Waals surface area contributed by atoms with E-state index >= 15 is 0 Å². The lowest BCUT2D eigenvalue weighted by Crippen LogP contribution is -2.37. The Balaban J connectivity index is 3.99.